The molecule has 0 saturated carbocycles. The molecule has 4 rings (SSSR count). The SMILES string of the molecule is CCCCCOc1cccc(C2C(=C([O-])c3ccc4c(c3)OCCO4)C(=O)C(=O)N2CC[NH+](CC)CC)c1. The molecule has 1 N–H and O–H groups in total. The lowest BCUT2D eigenvalue weighted by Crippen LogP contribution is -3.12. The minimum atomic E-state index is -0.787. The summed E-state index contributed by atoms with van der Waals surface area (Å²) in [6.45, 7) is 10.6. The summed E-state index contributed by atoms with van der Waals surface area (Å²) in [7, 11) is 0. The molecular formula is C30H38N2O6. The number of quaternary nitrogens is 1. The molecule has 1 unspecified atom stereocenters. The Morgan fingerprint density at radius 1 is 1.03 bits per heavy atom. The summed E-state index contributed by atoms with van der Waals surface area (Å²) < 4.78 is 17.2. The number of carbonyl (C=O) groups is 2. The molecule has 0 bridgehead atoms. The van der Waals surface area contributed by atoms with Crippen molar-refractivity contribution in [3.05, 3.63) is 59.2 Å². The van der Waals surface area contributed by atoms with Gasteiger partial charge in [-0.3, -0.25) is 9.59 Å². The maximum Gasteiger partial charge on any atom is 0.295 e. The summed E-state index contributed by atoms with van der Waals surface area (Å²) in [4.78, 5) is 29.5. The van der Waals surface area contributed by atoms with Gasteiger partial charge in [0, 0.05) is 5.57 Å². The Morgan fingerprint density at radius 3 is 2.53 bits per heavy atom. The van der Waals surface area contributed by atoms with Gasteiger partial charge in [0.05, 0.1) is 38.8 Å². The minimum absolute atomic E-state index is 0.0376. The zero-order valence-electron chi connectivity index (χ0n) is 22.6. The Kier molecular flexibility index (Phi) is 9.29. The third-order valence-electron chi connectivity index (χ3n) is 7.23. The Hall–Kier alpha value is -3.52. The fraction of sp³-hybridized carbons (Fsp3) is 0.467. The Bertz CT molecular complexity index is 1170. The number of nitrogens with zero attached hydrogens (tertiary/aromatic N) is 1. The second-order valence-electron chi connectivity index (χ2n) is 9.67. The predicted molar refractivity (Wildman–Crippen MR) is 142 cm³/mol. The van der Waals surface area contributed by atoms with Crippen LogP contribution in [-0.2, 0) is 9.59 Å². The van der Waals surface area contributed by atoms with Crippen LogP contribution in [0.2, 0.25) is 0 Å². The van der Waals surface area contributed by atoms with E-state index in [1.807, 2.05) is 24.3 Å². The van der Waals surface area contributed by atoms with Gasteiger partial charge in [0.1, 0.15) is 19.0 Å². The monoisotopic (exact) mass is 522 g/mol. The van der Waals surface area contributed by atoms with Crippen molar-refractivity contribution in [1.82, 2.24) is 4.90 Å². The standard InChI is InChI=1S/C30H38N2O6/c1-4-7-8-16-36-23-11-9-10-21(19-23)27-26(29(34)30(35)32(27)15-14-31(5-2)6-3)28(33)22-12-13-24-25(20-22)38-18-17-37-24/h9-13,19-20,27,33H,4-8,14-18H2,1-3H3. The first-order valence-electron chi connectivity index (χ1n) is 13.7. The van der Waals surface area contributed by atoms with Crippen molar-refractivity contribution in [2.75, 3.05) is 46.0 Å². The van der Waals surface area contributed by atoms with Crippen LogP contribution in [-0.4, -0.2) is 62.6 Å². The lowest BCUT2D eigenvalue weighted by atomic mass is 9.95. The summed E-state index contributed by atoms with van der Waals surface area (Å²) in [5.74, 6) is -0.195. The number of hydrogen-bond acceptors (Lipinski definition) is 6. The molecule has 1 saturated heterocycles. The Morgan fingerprint density at radius 2 is 1.79 bits per heavy atom. The van der Waals surface area contributed by atoms with Crippen molar-refractivity contribution >= 4 is 17.4 Å². The first-order valence-corrected chi connectivity index (χ1v) is 13.7. The number of ketones is 1. The predicted octanol–water partition coefficient (Wildman–Crippen LogP) is 2.18. The molecule has 0 spiro atoms. The van der Waals surface area contributed by atoms with Gasteiger partial charge in [-0.05, 0) is 55.7 Å². The van der Waals surface area contributed by atoms with Crippen LogP contribution < -0.4 is 24.2 Å². The lowest BCUT2D eigenvalue weighted by molar-refractivity contribution is -0.895. The Labute approximate surface area is 224 Å². The molecule has 2 aromatic rings. The van der Waals surface area contributed by atoms with Crippen LogP contribution in [0.15, 0.2) is 48.0 Å². The number of Topliss-reactive ketones (excluding diaryl/α,β-unsaturated/α-hetero) is 1. The summed E-state index contributed by atoms with van der Waals surface area (Å²) in [6, 6.07) is 11.5. The van der Waals surface area contributed by atoms with Crippen LogP contribution in [0.25, 0.3) is 5.76 Å². The molecule has 1 fully saturated rings. The first kappa shape index (κ1) is 27.5. The number of fused-ring (bicyclic) bond motifs is 1. The van der Waals surface area contributed by atoms with Gasteiger partial charge in [0.2, 0.25) is 5.78 Å². The van der Waals surface area contributed by atoms with Gasteiger partial charge in [-0.2, -0.15) is 0 Å². The van der Waals surface area contributed by atoms with Crippen LogP contribution in [0.4, 0.5) is 0 Å². The third-order valence-corrected chi connectivity index (χ3v) is 7.23. The summed E-state index contributed by atoms with van der Waals surface area (Å²) in [5, 5.41) is 13.8. The van der Waals surface area contributed by atoms with Gasteiger partial charge in [-0.25, -0.2) is 0 Å². The summed E-state index contributed by atoms with van der Waals surface area (Å²) in [5.41, 5.74) is 0.940. The number of ether oxygens (including phenoxy) is 3. The molecule has 2 heterocycles. The first-order chi connectivity index (χ1) is 18.5. The van der Waals surface area contributed by atoms with Crippen molar-refractivity contribution < 1.29 is 33.8 Å². The van der Waals surface area contributed by atoms with E-state index >= 15 is 0 Å². The smallest absolute Gasteiger partial charge is 0.295 e. The molecule has 38 heavy (non-hydrogen) atoms. The number of unbranched alkanes of at least 4 members (excludes halogenated alkanes) is 2. The zero-order chi connectivity index (χ0) is 27.1. The fourth-order valence-electron chi connectivity index (χ4n) is 4.99. The molecule has 2 aliphatic rings. The molecule has 8 heteroatoms. The van der Waals surface area contributed by atoms with Crippen LogP contribution in [0, 0.1) is 0 Å². The highest BCUT2D eigenvalue weighted by Gasteiger charge is 2.44. The molecule has 1 amide bonds. The van der Waals surface area contributed by atoms with E-state index in [0.717, 1.165) is 32.4 Å². The summed E-state index contributed by atoms with van der Waals surface area (Å²) in [6.07, 6.45) is 3.12. The third kappa shape index (κ3) is 5.96. The van der Waals surface area contributed by atoms with Crippen molar-refractivity contribution in [2.24, 2.45) is 0 Å². The van der Waals surface area contributed by atoms with Crippen LogP contribution >= 0.6 is 0 Å². The van der Waals surface area contributed by atoms with Crippen molar-refractivity contribution in [1.29, 1.82) is 0 Å². The largest absolute Gasteiger partial charge is 0.872 e. The Balaban J connectivity index is 1.73. The second kappa shape index (κ2) is 12.8. The van der Waals surface area contributed by atoms with Crippen LogP contribution in [0.5, 0.6) is 17.2 Å². The highest BCUT2D eigenvalue weighted by Crippen LogP contribution is 2.40. The molecule has 0 aliphatic carbocycles. The quantitative estimate of drug-likeness (QED) is 0.199. The van der Waals surface area contributed by atoms with E-state index in [1.54, 1.807) is 23.1 Å². The number of likely N-dealkylation sites (tertiary alicyclic amines) is 1. The van der Waals surface area contributed by atoms with Crippen molar-refractivity contribution in [3.63, 3.8) is 0 Å². The number of nitrogens with one attached hydrogen (secondary N) is 1. The minimum Gasteiger partial charge on any atom is -0.872 e. The molecule has 2 aromatic carbocycles. The van der Waals surface area contributed by atoms with Crippen LogP contribution in [0.1, 0.15) is 57.2 Å². The molecular weight excluding hydrogens is 484 g/mol. The highest BCUT2D eigenvalue weighted by atomic mass is 16.6. The van der Waals surface area contributed by atoms with E-state index in [0.29, 0.717) is 61.3 Å². The van der Waals surface area contributed by atoms with Gasteiger partial charge >= 0.3 is 0 Å². The van der Waals surface area contributed by atoms with Crippen molar-refractivity contribution in [2.45, 2.75) is 46.1 Å². The average Bonchev–Trinajstić information content (AvgIpc) is 3.20. The van der Waals surface area contributed by atoms with Gasteiger partial charge < -0.3 is 29.1 Å². The topological polar surface area (TPSA) is 92.6 Å². The molecule has 2 aliphatic heterocycles. The maximum atomic E-state index is 13.8. The van der Waals surface area contributed by atoms with E-state index in [1.165, 1.54) is 4.90 Å². The van der Waals surface area contributed by atoms with Gasteiger partial charge in [-0.15, -0.1) is 0 Å². The molecule has 0 aromatic heterocycles. The number of amides is 1. The average molecular weight is 523 g/mol. The van der Waals surface area contributed by atoms with E-state index in [2.05, 4.69) is 20.8 Å². The second-order valence-corrected chi connectivity index (χ2v) is 9.67. The van der Waals surface area contributed by atoms with E-state index < -0.39 is 23.5 Å². The number of benzene rings is 2. The zero-order valence-corrected chi connectivity index (χ0v) is 22.6. The number of carbonyl (C=O) groups excluding carboxylic acids is 2. The normalized spacial score (nSPS) is 18.3. The van der Waals surface area contributed by atoms with Crippen LogP contribution in [0.3, 0.4) is 0 Å². The van der Waals surface area contributed by atoms with Crippen molar-refractivity contribution in [3.8, 4) is 17.2 Å². The highest BCUT2D eigenvalue weighted by molar-refractivity contribution is 6.46. The maximum absolute atomic E-state index is 13.8. The summed E-state index contributed by atoms with van der Waals surface area (Å²) >= 11 is 0. The molecule has 0 radical (unpaired) electrons. The lowest BCUT2D eigenvalue weighted by Gasteiger charge is -2.29. The number of hydrogen-bond donors (Lipinski definition) is 1. The van der Waals surface area contributed by atoms with Gasteiger partial charge in [-0.1, -0.05) is 43.7 Å². The molecule has 204 valence electrons. The number of rotatable bonds is 12. The van der Waals surface area contributed by atoms with E-state index in [4.69, 9.17) is 14.2 Å². The molecule has 1 atom stereocenters. The van der Waals surface area contributed by atoms with Gasteiger partial charge in [0.15, 0.2) is 11.5 Å². The molecule has 8 nitrogen and oxygen atoms in total. The van der Waals surface area contributed by atoms with Gasteiger partial charge in [0.25, 0.3) is 5.91 Å². The number of likely N-dealkylation sites (N-methyl/N-ethyl adjacent to an activating group) is 1. The van der Waals surface area contributed by atoms with E-state index in [9.17, 15) is 14.7 Å². The van der Waals surface area contributed by atoms with E-state index in [-0.39, 0.29) is 5.57 Å². The fourth-order valence-corrected chi connectivity index (χ4v) is 4.99.